The third kappa shape index (κ3) is 5.30. The molecule has 0 atom stereocenters. The van der Waals surface area contributed by atoms with Gasteiger partial charge in [-0.2, -0.15) is 18.2 Å². The molecule has 11 heteroatoms. The highest BCUT2D eigenvalue weighted by Gasteiger charge is 2.30. The Balaban J connectivity index is 1.34. The van der Waals surface area contributed by atoms with Crippen LogP contribution in [-0.4, -0.2) is 66.2 Å². The molecule has 2 aromatic carbocycles. The lowest BCUT2D eigenvalue weighted by Gasteiger charge is -2.34. The van der Waals surface area contributed by atoms with Crippen LogP contribution in [0.4, 0.5) is 13.2 Å². The summed E-state index contributed by atoms with van der Waals surface area (Å²) in [6.45, 7) is 2.65. The molecule has 2 heterocycles. The normalized spacial score (nSPS) is 14.8. The summed E-state index contributed by atoms with van der Waals surface area (Å²) < 4.78 is 53.9. The minimum atomic E-state index is -4.40. The van der Waals surface area contributed by atoms with Gasteiger partial charge in [-0.15, -0.1) is 0 Å². The van der Waals surface area contributed by atoms with E-state index in [4.69, 9.17) is 14.0 Å². The summed E-state index contributed by atoms with van der Waals surface area (Å²) in [6, 6.07) is 9.63. The summed E-state index contributed by atoms with van der Waals surface area (Å²) in [4.78, 5) is 21.1. The number of piperazine rings is 1. The Hall–Kier alpha value is -3.60. The first-order valence-electron chi connectivity index (χ1n) is 10.5. The highest BCUT2D eigenvalue weighted by atomic mass is 19.4. The van der Waals surface area contributed by atoms with Gasteiger partial charge in [-0.1, -0.05) is 5.16 Å². The van der Waals surface area contributed by atoms with E-state index >= 15 is 0 Å². The lowest BCUT2D eigenvalue weighted by molar-refractivity contribution is -0.137. The van der Waals surface area contributed by atoms with Crippen molar-refractivity contribution in [3.8, 4) is 23.0 Å². The molecule has 4 rings (SSSR count). The minimum absolute atomic E-state index is 0.110. The van der Waals surface area contributed by atoms with Crippen molar-refractivity contribution in [1.82, 2.24) is 19.9 Å². The van der Waals surface area contributed by atoms with E-state index < -0.39 is 11.7 Å². The molecule has 0 bridgehead atoms. The van der Waals surface area contributed by atoms with E-state index in [1.807, 2.05) is 0 Å². The predicted molar refractivity (Wildman–Crippen MR) is 115 cm³/mol. The molecule has 1 saturated heterocycles. The SMILES string of the molecule is COc1cc(OC)cc(C(=O)N2CCN(Cc3noc(-c4ccc(C(F)(F)F)cc4)n3)CC2)c1. The van der Waals surface area contributed by atoms with Crippen LogP contribution in [0.2, 0.25) is 0 Å². The van der Waals surface area contributed by atoms with Crippen molar-refractivity contribution in [2.45, 2.75) is 12.7 Å². The van der Waals surface area contributed by atoms with Crippen molar-refractivity contribution in [1.29, 1.82) is 0 Å². The maximum atomic E-state index is 12.9. The second-order valence-electron chi connectivity index (χ2n) is 7.76. The summed E-state index contributed by atoms with van der Waals surface area (Å²) >= 11 is 0. The fourth-order valence-electron chi connectivity index (χ4n) is 3.66. The maximum Gasteiger partial charge on any atom is 0.416 e. The average Bonchev–Trinajstić information content (AvgIpc) is 3.31. The molecule has 3 aromatic rings. The van der Waals surface area contributed by atoms with E-state index in [0.717, 1.165) is 12.1 Å². The molecule has 34 heavy (non-hydrogen) atoms. The number of aromatic nitrogens is 2. The van der Waals surface area contributed by atoms with Crippen molar-refractivity contribution >= 4 is 5.91 Å². The largest absolute Gasteiger partial charge is 0.497 e. The number of rotatable bonds is 6. The topological polar surface area (TPSA) is 80.9 Å². The molecule has 0 radical (unpaired) electrons. The van der Waals surface area contributed by atoms with Gasteiger partial charge in [0.2, 0.25) is 0 Å². The zero-order valence-electron chi connectivity index (χ0n) is 18.6. The van der Waals surface area contributed by atoms with Crippen LogP contribution in [0.1, 0.15) is 21.7 Å². The van der Waals surface area contributed by atoms with Gasteiger partial charge < -0.3 is 18.9 Å². The van der Waals surface area contributed by atoms with Gasteiger partial charge in [-0.25, -0.2) is 0 Å². The molecule has 0 saturated carbocycles. The quantitative estimate of drug-likeness (QED) is 0.536. The molecule has 1 aliphatic heterocycles. The van der Waals surface area contributed by atoms with Crippen molar-refractivity contribution in [3.63, 3.8) is 0 Å². The second kappa shape index (κ2) is 9.72. The Morgan fingerprint density at radius 1 is 1.00 bits per heavy atom. The molecule has 1 fully saturated rings. The Morgan fingerprint density at radius 3 is 2.18 bits per heavy atom. The molecule has 0 unspecified atom stereocenters. The zero-order chi connectivity index (χ0) is 24.3. The molecule has 0 spiro atoms. The number of ether oxygens (including phenoxy) is 2. The van der Waals surface area contributed by atoms with Gasteiger partial charge in [0.15, 0.2) is 5.82 Å². The summed E-state index contributed by atoms with van der Waals surface area (Å²) in [5.74, 6) is 1.56. The number of alkyl halides is 3. The molecule has 180 valence electrons. The summed E-state index contributed by atoms with van der Waals surface area (Å²) in [7, 11) is 3.06. The number of carbonyl (C=O) groups is 1. The average molecular weight is 476 g/mol. The number of halogens is 3. The predicted octanol–water partition coefficient (Wildman–Crippen LogP) is 3.73. The fraction of sp³-hybridized carbons (Fsp3) is 0.348. The van der Waals surface area contributed by atoms with Crippen molar-refractivity contribution < 1.29 is 32.0 Å². The van der Waals surface area contributed by atoms with E-state index in [9.17, 15) is 18.0 Å². The van der Waals surface area contributed by atoms with Gasteiger partial charge in [0.25, 0.3) is 11.8 Å². The van der Waals surface area contributed by atoms with E-state index in [1.165, 1.54) is 26.4 Å². The number of hydrogen-bond donors (Lipinski definition) is 0. The lowest BCUT2D eigenvalue weighted by Crippen LogP contribution is -2.48. The lowest BCUT2D eigenvalue weighted by atomic mass is 10.1. The Bertz CT molecular complexity index is 1120. The minimum Gasteiger partial charge on any atom is -0.497 e. The molecule has 0 N–H and O–H groups in total. The standard InChI is InChI=1S/C23H23F3N4O4/c1-32-18-11-16(12-19(13-18)33-2)22(31)30-9-7-29(8-10-30)14-20-27-21(34-28-20)15-3-5-17(6-4-15)23(24,25)26/h3-6,11-13H,7-10,14H2,1-2H3. The van der Waals surface area contributed by atoms with Crippen LogP contribution < -0.4 is 9.47 Å². The van der Waals surface area contributed by atoms with Gasteiger partial charge in [0.1, 0.15) is 11.5 Å². The maximum absolute atomic E-state index is 12.9. The van der Waals surface area contributed by atoms with Crippen LogP contribution in [-0.2, 0) is 12.7 Å². The molecule has 0 aliphatic carbocycles. The zero-order valence-corrected chi connectivity index (χ0v) is 18.6. The van der Waals surface area contributed by atoms with E-state index in [2.05, 4.69) is 15.0 Å². The third-order valence-electron chi connectivity index (χ3n) is 5.55. The highest BCUT2D eigenvalue weighted by Crippen LogP contribution is 2.30. The Labute approximate surface area is 193 Å². The fourth-order valence-corrected chi connectivity index (χ4v) is 3.66. The third-order valence-corrected chi connectivity index (χ3v) is 5.55. The van der Waals surface area contributed by atoms with Crippen molar-refractivity contribution in [2.75, 3.05) is 40.4 Å². The highest BCUT2D eigenvalue weighted by molar-refractivity contribution is 5.95. The monoisotopic (exact) mass is 476 g/mol. The van der Waals surface area contributed by atoms with E-state index in [-0.39, 0.29) is 11.8 Å². The Kier molecular flexibility index (Phi) is 6.73. The second-order valence-corrected chi connectivity index (χ2v) is 7.76. The number of benzene rings is 2. The summed E-state index contributed by atoms with van der Waals surface area (Å²) in [6.07, 6.45) is -4.40. The van der Waals surface area contributed by atoms with Crippen LogP contribution in [0.3, 0.4) is 0 Å². The Morgan fingerprint density at radius 2 is 1.62 bits per heavy atom. The van der Waals surface area contributed by atoms with Crippen LogP contribution in [0.25, 0.3) is 11.5 Å². The van der Waals surface area contributed by atoms with Gasteiger partial charge in [0.05, 0.1) is 26.3 Å². The number of nitrogens with zero attached hydrogens (tertiary/aromatic N) is 4. The van der Waals surface area contributed by atoms with Gasteiger partial charge in [0, 0.05) is 43.4 Å². The molecule has 1 amide bonds. The van der Waals surface area contributed by atoms with Crippen LogP contribution in [0, 0.1) is 0 Å². The summed E-state index contributed by atoms with van der Waals surface area (Å²) in [5.41, 5.74) is 0.163. The number of methoxy groups -OCH3 is 2. The van der Waals surface area contributed by atoms with Crippen molar-refractivity contribution in [2.24, 2.45) is 0 Å². The molecular weight excluding hydrogens is 453 g/mol. The first-order chi connectivity index (χ1) is 16.3. The molecule has 8 nitrogen and oxygen atoms in total. The summed E-state index contributed by atoms with van der Waals surface area (Å²) in [5, 5.41) is 3.94. The van der Waals surface area contributed by atoms with Crippen LogP contribution >= 0.6 is 0 Å². The van der Waals surface area contributed by atoms with E-state index in [1.54, 1.807) is 23.1 Å². The number of hydrogen-bond acceptors (Lipinski definition) is 7. The van der Waals surface area contributed by atoms with Crippen LogP contribution in [0.5, 0.6) is 11.5 Å². The number of amides is 1. The van der Waals surface area contributed by atoms with Gasteiger partial charge in [-0.05, 0) is 36.4 Å². The molecule has 1 aromatic heterocycles. The smallest absolute Gasteiger partial charge is 0.416 e. The first-order valence-corrected chi connectivity index (χ1v) is 10.5. The first kappa shape index (κ1) is 23.6. The van der Waals surface area contributed by atoms with E-state index in [0.29, 0.717) is 61.2 Å². The van der Waals surface area contributed by atoms with Gasteiger partial charge >= 0.3 is 6.18 Å². The van der Waals surface area contributed by atoms with Gasteiger partial charge in [-0.3, -0.25) is 9.69 Å². The van der Waals surface area contributed by atoms with Crippen molar-refractivity contribution in [3.05, 3.63) is 59.4 Å². The molecular formula is C23H23F3N4O4. The number of carbonyl (C=O) groups excluding carboxylic acids is 1. The van der Waals surface area contributed by atoms with Crippen LogP contribution in [0.15, 0.2) is 47.0 Å². The molecule has 1 aliphatic rings.